The summed E-state index contributed by atoms with van der Waals surface area (Å²) in [6, 6.07) is 13.5. The maximum atomic E-state index is 12.3. The van der Waals surface area contributed by atoms with Gasteiger partial charge in [0, 0.05) is 23.3 Å². The second-order valence-corrected chi connectivity index (χ2v) is 10.2. The molecule has 1 aliphatic rings. The van der Waals surface area contributed by atoms with Crippen molar-refractivity contribution in [3.63, 3.8) is 0 Å². The van der Waals surface area contributed by atoms with Gasteiger partial charge in [0.2, 0.25) is 10.0 Å². The lowest BCUT2D eigenvalue weighted by molar-refractivity contribution is -0.120. The minimum Gasteiger partial charge on any atom is -0.362 e. The molecule has 3 rings (SSSR count). The molecule has 31 heavy (non-hydrogen) atoms. The molecule has 0 aromatic heterocycles. The number of aryl methyl sites for hydroxylation is 1. The first-order chi connectivity index (χ1) is 14.5. The van der Waals surface area contributed by atoms with Crippen molar-refractivity contribution in [3.8, 4) is 0 Å². The van der Waals surface area contributed by atoms with E-state index in [1.165, 1.54) is 29.8 Å². The summed E-state index contributed by atoms with van der Waals surface area (Å²) in [6.45, 7) is 6.15. The number of hydrazine groups is 1. The van der Waals surface area contributed by atoms with Gasteiger partial charge in [0.25, 0.3) is 11.8 Å². The zero-order chi connectivity index (χ0) is 22.6. The maximum Gasteiger partial charge on any atom is 0.269 e. The van der Waals surface area contributed by atoms with Gasteiger partial charge >= 0.3 is 0 Å². The van der Waals surface area contributed by atoms with Gasteiger partial charge in [0.15, 0.2) is 0 Å². The van der Waals surface area contributed by atoms with E-state index in [1.807, 2.05) is 23.1 Å². The second-order valence-electron chi connectivity index (χ2n) is 8.54. The summed E-state index contributed by atoms with van der Waals surface area (Å²) in [4.78, 5) is 26.7. The Morgan fingerprint density at radius 3 is 2.35 bits per heavy atom. The Hall–Kier alpha value is -2.91. The number of amides is 2. The first-order valence-electron chi connectivity index (χ1n) is 10.1. The molecule has 0 aliphatic carbocycles. The van der Waals surface area contributed by atoms with E-state index in [2.05, 4.69) is 21.6 Å². The number of benzene rings is 2. The zero-order valence-electron chi connectivity index (χ0n) is 17.9. The van der Waals surface area contributed by atoms with Crippen molar-refractivity contribution in [3.05, 3.63) is 59.7 Å². The highest BCUT2D eigenvalue weighted by molar-refractivity contribution is 7.89. The van der Waals surface area contributed by atoms with Crippen LogP contribution < -0.4 is 20.5 Å². The van der Waals surface area contributed by atoms with Crippen LogP contribution in [0.15, 0.2) is 53.4 Å². The topological polar surface area (TPSA) is 108 Å². The standard InChI is InChI=1S/C22H28N4O4S/c1-22(2,3)25-31(29,30)18-12-10-17(11-13-18)21(28)24-23-20(27)15-26-14-6-8-16-7-4-5-9-19(16)26/h4-5,7,9-13,25H,6,8,14-15H2,1-3H3,(H,23,27)(H,24,28). The highest BCUT2D eigenvalue weighted by Crippen LogP contribution is 2.26. The Labute approximate surface area is 183 Å². The molecule has 0 radical (unpaired) electrons. The van der Waals surface area contributed by atoms with Crippen molar-refractivity contribution in [2.75, 3.05) is 18.0 Å². The number of sulfonamides is 1. The average Bonchev–Trinajstić information content (AvgIpc) is 2.71. The molecule has 2 aromatic carbocycles. The van der Waals surface area contributed by atoms with E-state index in [0.717, 1.165) is 25.1 Å². The van der Waals surface area contributed by atoms with Gasteiger partial charge in [0.05, 0.1) is 11.4 Å². The summed E-state index contributed by atoms with van der Waals surface area (Å²) in [5.41, 5.74) is 6.67. The number of hydrogen-bond acceptors (Lipinski definition) is 5. The highest BCUT2D eigenvalue weighted by atomic mass is 32.2. The average molecular weight is 445 g/mol. The third-order valence-electron chi connectivity index (χ3n) is 4.72. The Balaban J connectivity index is 1.56. The first kappa shape index (κ1) is 22.8. The first-order valence-corrected chi connectivity index (χ1v) is 11.6. The minimum absolute atomic E-state index is 0.0618. The molecule has 0 saturated heterocycles. The fourth-order valence-corrected chi connectivity index (χ4v) is 4.85. The van der Waals surface area contributed by atoms with Crippen molar-refractivity contribution in [1.29, 1.82) is 0 Å². The van der Waals surface area contributed by atoms with Crippen LogP contribution in [0.2, 0.25) is 0 Å². The van der Waals surface area contributed by atoms with Crippen LogP contribution in [0.1, 0.15) is 43.1 Å². The van der Waals surface area contributed by atoms with E-state index in [0.29, 0.717) is 0 Å². The molecule has 0 fully saturated rings. The number of nitrogens with zero attached hydrogens (tertiary/aromatic N) is 1. The van der Waals surface area contributed by atoms with Crippen molar-refractivity contribution >= 4 is 27.5 Å². The van der Waals surface area contributed by atoms with E-state index < -0.39 is 21.5 Å². The molecule has 0 unspecified atom stereocenters. The summed E-state index contributed by atoms with van der Waals surface area (Å²) in [7, 11) is -3.68. The Morgan fingerprint density at radius 1 is 1.00 bits per heavy atom. The number of rotatable bonds is 5. The Morgan fingerprint density at radius 2 is 1.68 bits per heavy atom. The lowest BCUT2D eigenvalue weighted by atomic mass is 10.0. The van der Waals surface area contributed by atoms with E-state index in [1.54, 1.807) is 20.8 Å². The maximum absolute atomic E-state index is 12.3. The van der Waals surface area contributed by atoms with Crippen LogP contribution in [-0.2, 0) is 21.2 Å². The van der Waals surface area contributed by atoms with Crippen LogP contribution in [0, 0.1) is 0 Å². The van der Waals surface area contributed by atoms with Gasteiger partial charge in [-0.3, -0.25) is 20.4 Å². The molecule has 1 heterocycles. The molecule has 0 spiro atoms. The number of carbonyl (C=O) groups excluding carboxylic acids is 2. The normalized spacial score (nSPS) is 14.0. The molecule has 8 nitrogen and oxygen atoms in total. The number of anilines is 1. The molecular formula is C22H28N4O4S. The van der Waals surface area contributed by atoms with Gasteiger partial charge in [-0.25, -0.2) is 13.1 Å². The predicted molar refractivity (Wildman–Crippen MR) is 119 cm³/mol. The van der Waals surface area contributed by atoms with Crippen molar-refractivity contribution in [2.24, 2.45) is 0 Å². The third kappa shape index (κ3) is 6.05. The number of para-hydroxylation sites is 1. The van der Waals surface area contributed by atoms with Gasteiger partial charge in [-0.15, -0.1) is 0 Å². The fourth-order valence-electron chi connectivity index (χ4n) is 3.43. The highest BCUT2D eigenvalue weighted by Gasteiger charge is 2.22. The monoisotopic (exact) mass is 444 g/mol. The quantitative estimate of drug-likeness (QED) is 0.611. The molecule has 1 aliphatic heterocycles. The van der Waals surface area contributed by atoms with E-state index in [4.69, 9.17) is 0 Å². The lowest BCUT2D eigenvalue weighted by Gasteiger charge is -2.30. The molecule has 2 amide bonds. The summed E-state index contributed by atoms with van der Waals surface area (Å²) in [6.07, 6.45) is 1.96. The van der Waals surface area contributed by atoms with Crippen molar-refractivity contribution in [2.45, 2.75) is 44.0 Å². The largest absolute Gasteiger partial charge is 0.362 e. The van der Waals surface area contributed by atoms with E-state index in [9.17, 15) is 18.0 Å². The SMILES string of the molecule is CC(C)(C)NS(=O)(=O)c1ccc(C(=O)NNC(=O)CN2CCCc3ccccc32)cc1. The van der Waals surface area contributed by atoms with Crippen LogP contribution in [0.4, 0.5) is 5.69 Å². The van der Waals surface area contributed by atoms with Gasteiger partial charge in [0.1, 0.15) is 0 Å². The minimum atomic E-state index is -3.68. The zero-order valence-corrected chi connectivity index (χ0v) is 18.8. The summed E-state index contributed by atoms with van der Waals surface area (Å²) in [5.74, 6) is -0.862. The molecular weight excluding hydrogens is 416 g/mol. The molecule has 166 valence electrons. The molecule has 0 saturated carbocycles. The number of hydrogen-bond donors (Lipinski definition) is 3. The van der Waals surface area contributed by atoms with E-state index >= 15 is 0 Å². The molecule has 9 heteroatoms. The smallest absolute Gasteiger partial charge is 0.269 e. The second kappa shape index (κ2) is 9.07. The predicted octanol–water partition coefficient (Wildman–Crippen LogP) is 1.98. The lowest BCUT2D eigenvalue weighted by Crippen LogP contribution is -2.47. The molecule has 0 bridgehead atoms. The van der Waals surface area contributed by atoms with Crippen molar-refractivity contribution in [1.82, 2.24) is 15.6 Å². The number of carbonyl (C=O) groups is 2. The van der Waals surface area contributed by atoms with Gasteiger partial charge < -0.3 is 4.90 Å². The number of nitrogens with one attached hydrogen (secondary N) is 3. The molecule has 0 atom stereocenters. The molecule has 3 N–H and O–H groups in total. The number of fused-ring (bicyclic) bond motifs is 1. The Kier molecular flexibility index (Phi) is 6.66. The van der Waals surface area contributed by atoms with Crippen LogP contribution >= 0.6 is 0 Å². The summed E-state index contributed by atoms with van der Waals surface area (Å²) < 4.78 is 27.3. The van der Waals surface area contributed by atoms with Crippen LogP contribution in [0.3, 0.4) is 0 Å². The van der Waals surface area contributed by atoms with Crippen LogP contribution in [0.25, 0.3) is 0 Å². The summed E-state index contributed by atoms with van der Waals surface area (Å²) >= 11 is 0. The Bertz CT molecular complexity index is 1060. The van der Waals surface area contributed by atoms with Crippen LogP contribution in [-0.4, -0.2) is 38.9 Å². The summed E-state index contributed by atoms with van der Waals surface area (Å²) in [5, 5.41) is 0. The van der Waals surface area contributed by atoms with Gasteiger partial charge in [-0.2, -0.15) is 0 Å². The van der Waals surface area contributed by atoms with Crippen molar-refractivity contribution < 1.29 is 18.0 Å². The third-order valence-corrected chi connectivity index (χ3v) is 6.50. The van der Waals surface area contributed by atoms with Crippen LogP contribution in [0.5, 0.6) is 0 Å². The van der Waals surface area contributed by atoms with Gasteiger partial charge in [-0.05, 0) is 69.5 Å². The van der Waals surface area contributed by atoms with Gasteiger partial charge in [-0.1, -0.05) is 18.2 Å². The molecule has 2 aromatic rings. The fraction of sp³-hybridized carbons (Fsp3) is 0.364. The van der Waals surface area contributed by atoms with E-state index in [-0.39, 0.29) is 22.9 Å².